The quantitative estimate of drug-likeness (QED) is 0.721. The molecule has 0 fully saturated rings. The summed E-state index contributed by atoms with van der Waals surface area (Å²) in [5.74, 6) is -0.0690. The van der Waals surface area contributed by atoms with Gasteiger partial charge in [-0.3, -0.25) is 10.2 Å². The topological polar surface area (TPSA) is 41.1 Å². The van der Waals surface area contributed by atoms with E-state index in [0.717, 1.165) is 4.88 Å². The third kappa shape index (κ3) is 2.29. The van der Waals surface area contributed by atoms with E-state index in [1.54, 1.807) is 18.4 Å². The molecule has 1 unspecified atom stereocenters. The Morgan fingerprint density at radius 2 is 2.31 bits per heavy atom. The van der Waals surface area contributed by atoms with Crippen molar-refractivity contribution in [3.8, 4) is 0 Å². The highest BCUT2D eigenvalue weighted by Gasteiger charge is 2.17. The highest BCUT2D eigenvalue weighted by atomic mass is 32.1. The molecule has 4 heteroatoms. The van der Waals surface area contributed by atoms with Crippen molar-refractivity contribution in [2.75, 3.05) is 7.05 Å². The van der Waals surface area contributed by atoms with Crippen LogP contribution < -0.4 is 10.9 Å². The predicted octanol–water partition coefficient (Wildman–Crippen LogP) is 1.41. The maximum absolute atomic E-state index is 11.4. The first-order valence-electron chi connectivity index (χ1n) is 4.17. The van der Waals surface area contributed by atoms with Gasteiger partial charge in [-0.1, -0.05) is 0 Å². The molecule has 0 aliphatic heterocycles. The third-order valence-electron chi connectivity index (χ3n) is 1.94. The van der Waals surface area contributed by atoms with Gasteiger partial charge in [-0.15, -0.1) is 11.3 Å². The molecule has 1 heterocycles. The number of hydrogen-bond donors (Lipinski definition) is 2. The molecule has 1 amide bonds. The Hall–Kier alpha value is -0.870. The standard InChI is InChI=1S/C9H14N2OS/c1-6-4-5-13-8(6)7(2)9(12)11-10-3/h4-5,7,10H,1-3H3,(H,11,12). The van der Waals surface area contributed by atoms with Crippen LogP contribution in [-0.2, 0) is 4.79 Å². The van der Waals surface area contributed by atoms with Crippen molar-refractivity contribution in [1.29, 1.82) is 0 Å². The second-order valence-corrected chi connectivity index (χ2v) is 3.88. The second-order valence-electron chi connectivity index (χ2n) is 2.93. The van der Waals surface area contributed by atoms with E-state index in [9.17, 15) is 4.79 Å². The summed E-state index contributed by atoms with van der Waals surface area (Å²) >= 11 is 1.62. The fraction of sp³-hybridized carbons (Fsp3) is 0.444. The molecule has 72 valence electrons. The highest BCUT2D eigenvalue weighted by molar-refractivity contribution is 7.10. The lowest BCUT2D eigenvalue weighted by Gasteiger charge is -2.10. The fourth-order valence-electron chi connectivity index (χ4n) is 1.18. The van der Waals surface area contributed by atoms with Crippen molar-refractivity contribution in [2.45, 2.75) is 19.8 Å². The van der Waals surface area contributed by atoms with E-state index in [-0.39, 0.29) is 11.8 Å². The number of thiophene rings is 1. The van der Waals surface area contributed by atoms with E-state index in [2.05, 4.69) is 10.9 Å². The van der Waals surface area contributed by atoms with Crippen molar-refractivity contribution in [3.05, 3.63) is 21.9 Å². The van der Waals surface area contributed by atoms with E-state index < -0.39 is 0 Å². The van der Waals surface area contributed by atoms with Crippen LogP contribution in [0.5, 0.6) is 0 Å². The maximum Gasteiger partial charge on any atom is 0.242 e. The molecule has 3 nitrogen and oxygen atoms in total. The van der Waals surface area contributed by atoms with Crippen LogP contribution in [0.3, 0.4) is 0 Å². The summed E-state index contributed by atoms with van der Waals surface area (Å²) in [5, 5.41) is 2.01. The van der Waals surface area contributed by atoms with Gasteiger partial charge in [0.15, 0.2) is 0 Å². The van der Waals surface area contributed by atoms with Crippen molar-refractivity contribution < 1.29 is 4.79 Å². The van der Waals surface area contributed by atoms with Crippen molar-refractivity contribution in [3.63, 3.8) is 0 Å². The van der Waals surface area contributed by atoms with Gasteiger partial charge in [-0.05, 0) is 30.9 Å². The summed E-state index contributed by atoms with van der Waals surface area (Å²) in [4.78, 5) is 12.6. The van der Waals surface area contributed by atoms with Crippen LogP contribution >= 0.6 is 11.3 Å². The van der Waals surface area contributed by atoms with E-state index in [0.29, 0.717) is 0 Å². The number of aryl methyl sites for hydroxylation is 1. The minimum atomic E-state index is -0.0764. The molecule has 1 atom stereocenters. The van der Waals surface area contributed by atoms with Gasteiger partial charge in [0.25, 0.3) is 0 Å². The molecule has 0 saturated heterocycles. The van der Waals surface area contributed by atoms with Gasteiger partial charge < -0.3 is 0 Å². The number of hydrazine groups is 1. The zero-order valence-corrected chi connectivity index (χ0v) is 8.87. The molecular weight excluding hydrogens is 184 g/mol. The van der Waals surface area contributed by atoms with Crippen LogP contribution in [0.15, 0.2) is 11.4 Å². The molecule has 0 aliphatic carbocycles. The van der Waals surface area contributed by atoms with Crippen molar-refractivity contribution >= 4 is 17.2 Å². The van der Waals surface area contributed by atoms with E-state index >= 15 is 0 Å². The molecule has 1 aromatic rings. The van der Waals surface area contributed by atoms with Crippen LogP contribution in [0.1, 0.15) is 23.3 Å². The number of nitrogens with one attached hydrogen (secondary N) is 2. The monoisotopic (exact) mass is 198 g/mol. The molecule has 1 aromatic heterocycles. The first-order chi connectivity index (χ1) is 6.16. The normalized spacial score (nSPS) is 12.5. The SMILES string of the molecule is CNNC(=O)C(C)c1sccc1C. The molecule has 0 saturated carbocycles. The van der Waals surface area contributed by atoms with E-state index in [1.807, 2.05) is 25.3 Å². The summed E-state index contributed by atoms with van der Waals surface area (Å²) < 4.78 is 0. The van der Waals surface area contributed by atoms with Crippen LogP contribution in [0.25, 0.3) is 0 Å². The summed E-state index contributed by atoms with van der Waals surface area (Å²) in [6, 6.07) is 2.03. The van der Waals surface area contributed by atoms with E-state index in [4.69, 9.17) is 0 Å². The van der Waals surface area contributed by atoms with E-state index in [1.165, 1.54) is 5.56 Å². The van der Waals surface area contributed by atoms with Gasteiger partial charge in [0.2, 0.25) is 5.91 Å². The fourth-order valence-corrected chi connectivity index (χ4v) is 2.16. The molecular formula is C9H14N2OS. The second kappa shape index (κ2) is 4.39. The highest BCUT2D eigenvalue weighted by Crippen LogP contribution is 2.25. The van der Waals surface area contributed by atoms with Gasteiger partial charge in [0, 0.05) is 11.9 Å². The van der Waals surface area contributed by atoms with Gasteiger partial charge in [0.05, 0.1) is 5.92 Å². The largest absolute Gasteiger partial charge is 0.291 e. The lowest BCUT2D eigenvalue weighted by atomic mass is 10.1. The maximum atomic E-state index is 11.4. The number of carbonyl (C=O) groups excluding carboxylic acids is 1. The first kappa shape index (κ1) is 10.2. The summed E-state index contributed by atoms with van der Waals surface area (Å²) in [6.07, 6.45) is 0. The number of carbonyl (C=O) groups is 1. The van der Waals surface area contributed by atoms with Gasteiger partial charge in [-0.2, -0.15) is 0 Å². The number of amides is 1. The Morgan fingerprint density at radius 1 is 1.62 bits per heavy atom. The van der Waals surface area contributed by atoms with Gasteiger partial charge in [0.1, 0.15) is 0 Å². The van der Waals surface area contributed by atoms with Gasteiger partial charge in [-0.25, -0.2) is 5.43 Å². The molecule has 0 spiro atoms. The predicted molar refractivity (Wildman–Crippen MR) is 54.7 cm³/mol. The lowest BCUT2D eigenvalue weighted by molar-refractivity contribution is -0.123. The number of hydrogen-bond acceptors (Lipinski definition) is 3. The van der Waals surface area contributed by atoms with Crippen LogP contribution in [0.4, 0.5) is 0 Å². The summed E-state index contributed by atoms with van der Waals surface area (Å²) in [7, 11) is 1.69. The Balaban J connectivity index is 2.73. The van der Waals surface area contributed by atoms with Crippen molar-refractivity contribution in [2.24, 2.45) is 0 Å². The zero-order chi connectivity index (χ0) is 9.84. The number of rotatable bonds is 3. The summed E-state index contributed by atoms with van der Waals surface area (Å²) in [6.45, 7) is 3.93. The minimum absolute atomic E-state index is 0.00745. The Labute approximate surface area is 82.1 Å². The molecule has 0 aliphatic rings. The molecule has 1 rings (SSSR count). The van der Waals surface area contributed by atoms with Crippen molar-refractivity contribution in [1.82, 2.24) is 10.9 Å². The molecule has 0 bridgehead atoms. The first-order valence-corrected chi connectivity index (χ1v) is 5.05. The summed E-state index contributed by atoms with van der Waals surface area (Å²) in [5.41, 5.74) is 6.40. The minimum Gasteiger partial charge on any atom is -0.291 e. The van der Waals surface area contributed by atoms with Crippen LogP contribution in [-0.4, -0.2) is 13.0 Å². The Morgan fingerprint density at radius 3 is 2.77 bits per heavy atom. The molecule has 13 heavy (non-hydrogen) atoms. The Kier molecular flexibility index (Phi) is 3.45. The Bertz CT molecular complexity index is 296. The van der Waals surface area contributed by atoms with Crippen LogP contribution in [0.2, 0.25) is 0 Å². The average molecular weight is 198 g/mol. The molecule has 2 N–H and O–H groups in total. The molecule has 0 aromatic carbocycles. The smallest absolute Gasteiger partial charge is 0.242 e. The molecule has 0 radical (unpaired) electrons. The third-order valence-corrected chi connectivity index (χ3v) is 3.14. The lowest BCUT2D eigenvalue weighted by Crippen LogP contribution is -2.36. The van der Waals surface area contributed by atoms with Gasteiger partial charge >= 0.3 is 0 Å². The van der Waals surface area contributed by atoms with Crippen LogP contribution in [0, 0.1) is 6.92 Å². The zero-order valence-electron chi connectivity index (χ0n) is 8.05. The average Bonchev–Trinajstić information content (AvgIpc) is 2.50.